The van der Waals surface area contributed by atoms with Crippen LogP contribution in [-0.4, -0.2) is 30.3 Å². The molecule has 0 radical (unpaired) electrons. The second kappa shape index (κ2) is 7.44. The number of benzene rings is 1. The van der Waals surface area contributed by atoms with Crippen molar-refractivity contribution in [2.45, 2.75) is 25.7 Å². The van der Waals surface area contributed by atoms with Gasteiger partial charge in [0, 0.05) is 17.4 Å². The number of anilines is 1. The summed E-state index contributed by atoms with van der Waals surface area (Å²) in [6.45, 7) is 1.94. The topological polar surface area (TPSA) is 64.3 Å². The van der Waals surface area contributed by atoms with E-state index < -0.39 is 12.1 Å². The van der Waals surface area contributed by atoms with Crippen LogP contribution in [0.15, 0.2) is 18.2 Å². The van der Waals surface area contributed by atoms with Crippen LogP contribution in [0.3, 0.4) is 0 Å². The number of alkyl halides is 3. The molecule has 4 nitrogen and oxygen atoms in total. The molecule has 0 spiro atoms. The Balaban J connectivity index is 2.81. The molecule has 1 amide bonds. The molecular weight excluding hydrogens is 305 g/mol. The van der Waals surface area contributed by atoms with E-state index in [4.69, 9.17) is 5.73 Å². The Kier molecular flexibility index (Phi) is 6.19. The molecule has 0 aliphatic rings. The molecule has 1 aromatic carbocycles. The quantitative estimate of drug-likeness (QED) is 0.790. The van der Waals surface area contributed by atoms with Gasteiger partial charge in [0.15, 0.2) is 5.75 Å². The summed E-state index contributed by atoms with van der Waals surface area (Å²) >= 11 is 1.60. The minimum atomic E-state index is -4.82. The molecule has 0 saturated heterocycles. The molecule has 1 rings (SSSR count). The molecule has 0 saturated carbocycles. The average molecular weight is 322 g/mol. The van der Waals surface area contributed by atoms with Crippen LogP contribution in [0.2, 0.25) is 0 Å². The highest BCUT2D eigenvalue weighted by Crippen LogP contribution is 2.28. The van der Waals surface area contributed by atoms with Crippen LogP contribution in [0.1, 0.15) is 23.7 Å². The van der Waals surface area contributed by atoms with E-state index in [1.54, 1.807) is 11.8 Å². The van der Waals surface area contributed by atoms with Gasteiger partial charge in [-0.25, -0.2) is 0 Å². The molecule has 0 heterocycles. The second-order valence-corrected chi connectivity index (χ2v) is 5.25. The molecule has 0 aromatic heterocycles. The van der Waals surface area contributed by atoms with Crippen molar-refractivity contribution >= 4 is 23.4 Å². The Hall–Kier alpha value is -1.57. The minimum Gasteiger partial charge on any atom is -0.404 e. The molecule has 0 aliphatic heterocycles. The van der Waals surface area contributed by atoms with Gasteiger partial charge in [0.1, 0.15) is 0 Å². The van der Waals surface area contributed by atoms with E-state index in [0.717, 1.165) is 18.2 Å². The third kappa shape index (κ3) is 5.74. The number of amides is 1. The van der Waals surface area contributed by atoms with Crippen LogP contribution in [0.5, 0.6) is 5.75 Å². The molecular formula is C13H17F3N2O2S. The number of hydrogen-bond donors (Lipinski definition) is 2. The highest BCUT2D eigenvalue weighted by Gasteiger charge is 2.32. The van der Waals surface area contributed by atoms with E-state index in [1.807, 2.05) is 13.2 Å². The number of nitrogens with two attached hydrogens (primary N) is 1. The molecule has 3 N–H and O–H groups in total. The van der Waals surface area contributed by atoms with Gasteiger partial charge in [-0.15, -0.1) is 13.2 Å². The summed E-state index contributed by atoms with van der Waals surface area (Å²) in [5, 5.41) is 2.80. The van der Waals surface area contributed by atoms with Crippen molar-refractivity contribution in [1.29, 1.82) is 0 Å². The van der Waals surface area contributed by atoms with Crippen molar-refractivity contribution in [2.24, 2.45) is 0 Å². The summed E-state index contributed by atoms with van der Waals surface area (Å²) < 4.78 is 40.1. The Morgan fingerprint density at radius 1 is 1.48 bits per heavy atom. The van der Waals surface area contributed by atoms with Crippen LogP contribution in [0, 0.1) is 0 Å². The average Bonchev–Trinajstić information content (AvgIpc) is 2.39. The van der Waals surface area contributed by atoms with E-state index >= 15 is 0 Å². The zero-order chi connectivity index (χ0) is 16.0. The molecule has 8 heteroatoms. The van der Waals surface area contributed by atoms with Crippen molar-refractivity contribution in [1.82, 2.24) is 5.32 Å². The zero-order valence-electron chi connectivity index (χ0n) is 11.7. The lowest BCUT2D eigenvalue weighted by molar-refractivity contribution is -0.274. The summed E-state index contributed by atoms with van der Waals surface area (Å²) in [6.07, 6.45) is -2.13. The first-order valence-corrected chi connectivity index (χ1v) is 7.61. The molecule has 118 valence electrons. The largest absolute Gasteiger partial charge is 0.573 e. The molecule has 1 aromatic rings. The third-order valence-corrected chi connectivity index (χ3v) is 3.43. The summed E-state index contributed by atoms with van der Waals surface area (Å²) in [7, 11) is 0. The molecule has 0 aliphatic carbocycles. The Morgan fingerprint density at radius 3 is 2.62 bits per heavy atom. The SMILES string of the molecule is CCC(CSC)NC(=O)c1ccc(OC(F)(F)F)c(N)c1. The Bertz CT molecular complexity index is 495. The van der Waals surface area contributed by atoms with Gasteiger partial charge in [-0.2, -0.15) is 11.8 Å². The maximum Gasteiger partial charge on any atom is 0.573 e. The number of nitrogen functional groups attached to an aromatic ring is 1. The maximum atomic E-state index is 12.1. The van der Waals surface area contributed by atoms with E-state index in [0.29, 0.717) is 0 Å². The highest BCUT2D eigenvalue weighted by molar-refractivity contribution is 7.98. The monoisotopic (exact) mass is 322 g/mol. The highest BCUT2D eigenvalue weighted by atomic mass is 32.2. The summed E-state index contributed by atoms with van der Waals surface area (Å²) in [6, 6.07) is 3.45. The van der Waals surface area contributed by atoms with Crippen molar-refractivity contribution in [3.8, 4) is 5.75 Å². The van der Waals surface area contributed by atoms with Gasteiger partial charge < -0.3 is 15.8 Å². The number of nitrogens with one attached hydrogen (secondary N) is 1. The van der Waals surface area contributed by atoms with Crippen molar-refractivity contribution in [3.05, 3.63) is 23.8 Å². The zero-order valence-corrected chi connectivity index (χ0v) is 12.5. The smallest absolute Gasteiger partial charge is 0.404 e. The van der Waals surface area contributed by atoms with Gasteiger partial charge in [-0.05, 0) is 30.9 Å². The van der Waals surface area contributed by atoms with E-state index in [-0.39, 0.29) is 23.2 Å². The van der Waals surface area contributed by atoms with Crippen LogP contribution in [-0.2, 0) is 0 Å². The summed E-state index contributed by atoms with van der Waals surface area (Å²) in [5.74, 6) is -0.135. The Labute approximate surface area is 125 Å². The van der Waals surface area contributed by atoms with Crippen LogP contribution in [0.25, 0.3) is 0 Å². The number of hydrogen-bond acceptors (Lipinski definition) is 4. The normalized spacial score (nSPS) is 12.8. The first kappa shape index (κ1) is 17.5. The van der Waals surface area contributed by atoms with Gasteiger partial charge in [0.05, 0.1) is 5.69 Å². The number of carbonyl (C=O) groups excluding carboxylic acids is 1. The number of thioether (sulfide) groups is 1. The summed E-state index contributed by atoms with van der Waals surface area (Å²) in [4.78, 5) is 12.0. The lowest BCUT2D eigenvalue weighted by atomic mass is 10.1. The molecule has 0 bridgehead atoms. The minimum absolute atomic E-state index is 0.000161. The molecule has 21 heavy (non-hydrogen) atoms. The fraction of sp³-hybridized carbons (Fsp3) is 0.462. The van der Waals surface area contributed by atoms with Crippen molar-refractivity contribution in [2.75, 3.05) is 17.7 Å². The first-order chi connectivity index (χ1) is 9.76. The van der Waals surface area contributed by atoms with Crippen LogP contribution >= 0.6 is 11.8 Å². The van der Waals surface area contributed by atoms with Crippen LogP contribution < -0.4 is 15.8 Å². The number of halogens is 3. The summed E-state index contributed by atoms with van der Waals surface area (Å²) in [5.41, 5.74) is 5.44. The van der Waals surface area contributed by atoms with Gasteiger partial charge in [-0.3, -0.25) is 4.79 Å². The third-order valence-electron chi connectivity index (χ3n) is 2.69. The molecule has 1 unspecified atom stereocenters. The number of carbonyl (C=O) groups is 1. The number of ether oxygens (including phenoxy) is 1. The standard InChI is InChI=1S/C13H17F3N2O2S/c1-3-9(7-21-2)18-12(19)8-4-5-11(10(17)6-8)20-13(14,15)16/h4-6,9H,3,7,17H2,1-2H3,(H,18,19). The van der Waals surface area contributed by atoms with E-state index in [2.05, 4.69) is 10.1 Å². The maximum absolute atomic E-state index is 12.1. The molecule has 1 atom stereocenters. The fourth-order valence-electron chi connectivity index (χ4n) is 1.64. The fourth-order valence-corrected chi connectivity index (χ4v) is 2.36. The van der Waals surface area contributed by atoms with Gasteiger partial charge in [-0.1, -0.05) is 6.92 Å². The van der Waals surface area contributed by atoms with Gasteiger partial charge in [0.2, 0.25) is 0 Å². The predicted molar refractivity (Wildman–Crippen MR) is 77.5 cm³/mol. The van der Waals surface area contributed by atoms with E-state index in [9.17, 15) is 18.0 Å². The lowest BCUT2D eigenvalue weighted by Crippen LogP contribution is -2.36. The van der Waals surface area contributed by atoms with Gasteiger partial charge in [0.25, 0.3) is 5.91 Å². The van der Waals surface area contributed by atoms with Crippen molar-refractivity contribution < 1.29 is 22.7 Å². The lowest BCUT2D eigenvalue weighted by Gasteiger charge is -2.16. The van der Waals surface area contributed by atoms with E-state index in [1.165, 1.54) is 12.1 Å². The Morgan fingerprint density at radius 2 is 2.14 bits per heavy atom. The molecule has 0 fully saturated rings. The van der Waals surface area contributed by atoms with Crippen molar-refractivity contribution in [3.63, 3.8) is 0 Å². The first-order valence-electron chi connectivity index (χ1n) is 6.22. The second-order valence-electron chi connectivity index (χ2n) is 4.33. The van der Waals surface area contributed by atoms with Gasteiger partial charge >= 0.3 is 6.36 Å². The predicted octanol–water partition coefficient (Wildman–Crippen LogP) is 3.04. The van der Waals surface area contributed by atoms with Crippen LogP contribution in [0.4, 0.5) is 18.9 Å². The number of rotatable bonds is 6.